The van der Waals surface area contributed by atoms with Gasteiger partial charge in [-0.3, -0.25) is 9.59 Å². The minimum absolute atomic E-state index is 0.00572. The van der Waals surface area contributed by atoms with E-state index in [4.69, 9.17) is 0 Å². The quantitative estimate of drug-likeness (QED) is 0.926. The van der Waals surface area contributed by atoms with Gasteiger partial charge in [0.25, 0.3) is 0 Å². The molecule has 1 saturated heterocycles. The molecule has 2 fully saturated rings. The van der Waals surface area contributed by atoms with E-state index in [1.54, 1.807) is 24.1 Å². The summed E-state index contributed by atoms with van der Waals surface area (Å²) < 4.78 is 13.1. The number of amides is 2. The van der Waals surface area contributed by atoms with Crippen LogP contribution in [0.15, 0.2) is 24.3 Å². The minimum Gasteiger partial charge on any atom is -0.353 e. The number of nitrogens with one attached hydrogen (secondary N) is 1. The zero-order chi connectivity index (χ0) is 15.0. The molecule has 1 saturated carbocycles. The zero-order valence-electron chi connectivity index (χ0n) is 12.0. The molecule has 0 spiro atoms. The Labute approximate surface area is 123 Å². The third-order valence-corrected chi connectivity index (χ3v) is 4.33. The van der Waals surface area contributed by atoms with Crippen molar-refractivity contribution in [3.8, 4) is 0 Å². The Morgan fingerprint density at radius 3 is 2.52 bits per heavy atom. The molecule has 21 heavy (non-hydrogen) atoms. The molecule has 1 N–H and O–H groups in total. The first-order valence-electron chi connectivity index (χ1n) is 7.38. The van der Waals surface area contributed by atoms with E-state index in [2.05, 4.69) is 5.32 Å². The lowest BCUT2D eigenvalue weighted by molar-refractivity contribution is -0.141. The maximum Gasteiger partial charge on any atom is 0.225 e. The first-order valence-corrected chi connectivity index (χ1v) is 7.38. The van der Waals surface area contributed by atoms with Crippen molar-refractivity contribution in [2.45, 2.75) is 37.8 Å². The van der Waals surface area contributed by atoms with Crippen LogP contribution in [0.5, 0.6) is 0 Å². The van der Waals surface area contributed by atoms with Crippen LogP contribution in [0, 0.1) is 11.7 Å². The number of halogens is 1. The normalized spacial score (nSPS) is 25.8. The Bertz CT molecular complexity index is 554. The van der Waals surface area contributed by atoms with Crippen LogP contribution < -0.4 is 5.32 Å². The van der Waals surface area contributed by atoms with E-state index in [0.717, 1.165) is 18.4 Å². The minimum atomic E-state index is -0.317. The number of hydrogen-bond acceptors (Lipinski definition) is 2. The van der Waals surface area contributed by atoms with Crippen LogP contribution in [-0.4, -0.2) is 29.8 Å². The molecule has 1 aliphatic carbocycles. The molecule has 0 aromatic heterocycles. The van der Waals surface area contributed by atoms with Crippen LogP contribution in [0.25, 0.3) is 0 Å². The van der Waals surface area contributed by atoms with Crippen molar-refractivity contribution in [3.05, 3.63) is 35.6 Å². The Morgan fingerprint density at radius 1 is 1.24 bits per heavy atom. The number of nitrogens with zero attached hydrogens (tertiary/aromatic N) is 1. The lowest BCUT2D eigenvalue weighted by Crippen LogP contribution is -2.46. The summed E-state index contributed by atoms with van der Waals surface area (Å²) >= 11 is 0. The van der Waals surface area contributed by atoms with Crippen LogP contribution in [0.2, 0.25) is 0 Å². The lowest BCUT2D eigenvalue weighted by atomic mass is 9.84. The third kappa shape index (κ3) is 2.91. The van der Waals surface area contributed by atoms with Gasteiger partial charge in [0.1, 0.15) is 5.82 Å². The fourth-order valence-electron chi connectivity index (χ4n) is 2.96. The van der Waals surface area contributed by atoms with Crippen molar-refractivity contribution >= 4 is 11.8 Å². The predicted molar refractivity (Wildman–Crippen MR) is 75.8 cm³/mol. The van der Waals surface area contributed by atoms with Gasteiger partial charge in [-0.2, -0.15) is 0 Å². The van der Waals surface area contributed by atoms with Gasteiger partial charge in [0.05, 0.1) is 12.0 Å². The van der Waals surface area contributed by atoms with E-state index in [0.29, 0.717) is 18.9 Å². The second kappa shape index (κ2) is 5.47. The molecule has 2 amide bonds. The van der Waals surface area contributed by atoms with Crippen LogP contribution in [0.3, 0.4) is 0 Å². The first-order chi connectivity index (χ1) is 10.1. The average Bonchev–Trinajstić information content (AvgIpc) is 3.27. The number of hydrogen-bond donors (Lipinski definition) is 1. The zero-order valence-corrected chi connectivity index (χ0v) is 12.0. The van der Waals surface area contributed by atoms with Crippen LogP contribution in [0.1, 0.15) is 37.3 Å². The van der Waals surface area contributed by atoms with Gasteiger partial charge in [0, 0.05) is 19.5 Å². The van der Waals surface area contributed by atoms with Crippen LogP contribution >= 0.6 is 0 Å². The Morgan fingerprint density at radius 2 is 1.90 bits per heavy atom. The monoisotopic (exact) mass is 290 g/mol. The third-order valence-electron chi connectivity index (χ3n) is 4.33. The lowest BCUT2D eigenvalue weighted by Gasteiger charge is -2.38. The van der Waals surface area contributed by atoms with Gasteiger partial charge in [0.2, 0.25) is 11.8 Å². The summed E-state index contributed by atoms with van der Waals surface area (Å²) in [6, 6.07) is 6.05. The Kier molecular flexibility index (Phi) is 3.66. The van der Waals surface area contributed by atoms with Crippen molar-refractivity contribution in [3.63, 3.8) is 0 Å². The molecule has 1 aromatic rings. The summed E-state index contributed by atoms with van der Waals surface area (Å²) in [5, 5.41) is 3.02. The van der Waals surface area contributed by atoms with Gasteiger partial charge < -0.3 is 10.2 Å². The van der Waals surface area contributed by atoms with E-state index < -0.39 is 0 Å². The molecule has 1 aromatic carbocycles. The summed E-state index contributed by atoms with van der Waals surface area (Å²) in [5.41, 5.74) is 0.808. The SMILES string of the molecule is CN1C(=O)CC[C@H](C(=O)NC2CC2)[C@@H]1c1ccc(F)cc1. The summed E-state index contributed by atoms with van der Waals surface area (Å²) in [6.45, 7) is 0. The van der Waals surface area contributed by atoms with Crippen molar-refractivity contribution in [2.24, 2.45) is 5.92 Å². The topological polar surface area (TPSA) is 49.4 Å². The van der Waals surface area contributed by atoms with Crippen molar-refractivity contribution in [2.75, 3.05) is 7.05 Å². The molecule has 5 heteroatoms. The van der Waals surface area contributed by atoms with Gasteiger partial charge in [-0.25, -0.2) is 4.39 Å². The number of carbonyl (C=O) groups excluding carboxylic acids is 2. The number of rotatable bonds is 3. The Balaban J connectivity index is 1.86. The van der Waals surface area contributed by atoms with E-state index in [1.165, 1.54) is 12.1 Å². The summed E-state index contributed by atoms with van der Waals surface area (Å²) in [4.78, 5) is 26.0. The van der Waals surface area contributed by atoms with Crippen LogP contribution in [0.4, 0.5) is 4.39 Å². The first kappa shape index (κ1) is 14.0. The van der Waals surface area contributed by atoms with Gasteiger partial charge in [-0.1, -0.05) is 12.1 Å². The highest BCUT2D eigenvalue weighted by Crippen LogP contribution is 2.36. The molecule has 0 radical (unpaired) electrons. The molecular formula is C16H19FN2O2. The molecule has 2 aliphatic rings. The highest BCUT2D eigenvalue weighted by molar-refractivity contribution is 5.85. The molecule has 1 heterocycles. The fourth-order valence-corrected chi connectivity index (χ4v) is 2.96. The predicted octanol–water partition coefficient (Wildman–Crippen LogP) is 2.01. The van der Waals surface area contributed by atoms with Gasteiger partial charge >= 0.3 is 0 Å². The van der Waals surface area contributed by atoms with E-state index >= 15 is 0 Å². The molecule has 112 valence electrons. The molecule has 1 aliphatic heterocycles. The number of carbonyl (C=O) groups is 2. The molecule has 2 atom stereocenters. The smallest absolute Gasteiger partial charge is 0.225 e. The molecule has 0 bridgehead atoms. The summed E-state index contributed by atoms with van der Waals surface area (Å²) in [5.74, 6) is -0.549. The van der Waals surface area contributed by atoms with Crippen molar-refractivity contribution < 1.29 is 14.0 Å². The maximum absolute atomic E-state index is 13.1. The maximum atomic E-state index is 13.1. The van der Waals surface area contributed by atoms with Crippen molar-refractivity contribution in [1.29, 1.82) is 0 Å². The largest absolute Gasteiger partial charge is 0.353 e. The number of piperidine rings is 1. The van der Waals surface area contributed by atoms with Crippen LogP contribution in [-0.2, 0) is 9.59 Å². The van der Waals surface area contributed by atoms with Gasteiger partial charge in [0.15, 0.2) is 0 Å². The second-order valence-corrected chi connectivity index (χ2v) is 5.93. The molecule has 0 unspecified atom stereocenters. The van der Waals surface area contributed by atoms with E-state index in [9.17, 15) is 14.0 Å². The van der Waals surface area contributed by atoms with Gasteiger partial charge in [-0.05, 0) is 37.0 Å². The number of benzene rings is 1. The molecular weight excluding hydrogens is 271 g/mol. The molecule has 4 nitrogen and oxygen atoms in total. The Hall–Kier alpha value is -1.91. The van der Waals surface area contributed by atoms with Gasteiger partial charge in [-0.15, -0.1) is 0 Å². The number of likely N-dealkylation sites (tertiary alicyclic amines) is 1. The molecule has 3 rings (SSSR count). The highest BCUT2D eigenvalue weighted by atomic mass is 19.1. The second-order valence-electron chi connectivity index (χ2n) is 5.93. The van der Waals surface area contributed by atoms with Crippen molar-refractivity contribution in [1.82, 2.24) is 10.2 Å². The van der Waals surface area contributed by atoms with E-state index in [1.807, 2.05) is 0 Å². The standard InChI is InChI=1S/C16H19FN2O2/c1-19-14(20)9-8-13(16(21)18-12-6-7-12)15(19)10-2-4-11(17)5-3-10/h2-5,12-13,15H,6-9H2,1H3,(H,18,21)/t13-,15-/m0/s1. The summed E-state index contributed by atoms with van der Waals surface area (Å²) in [7, 11) is 1.72. The highest BCUT2D eigenvalue weighted by Gasteiger charge is 2.40. The average molecular weight is 290 g/mol. The summed E-state index contributed by atoms with van der Waals surface area (Å²) in [6.07, 6.45) is 3.00. The van der Waals surface area contributed by atoms with E-state index in [-0.39, 0.29) is 29.6 Å². The fraction of sp³-hybridized carbons (Fsp3) is 0.500.